The van der Waals surface area contributed by atoms with E-state index in [1.54, 1.807) is 0 Å². The van der Waals surface area contributed by atoms with Gasteiger partial charge >= 0.3 is 0 Å². The molecule has 1 aromatic carbocycles. The summed E-state index contributed by atoms with van der Waals surface area (Å²) in [4.78, 5) is 0. The summed E-state index contributed by atoms with van der Waals surface area (Å²) in [5.41, 5.74) is 4.61. The largest absolute Gasteiger partial charge is 0.386 e. The maximum absolute atomic E-state index is 10.6. The van der Waals surface area contributed by atoms with E-state index < -0.39 is 6.10 Å². The van der Waals surface area contributed by atoms with Gasteiger partial charge in [-0.1, -0.05) is 26.0 Å². The lowest BCUT2D eigenvalue weighted by Gasteiger charge is -2.28. The molecular formula is C16H26O2. The van der Waals surface area contributed by atoms with E-state index in [2.05, 4.69) is 39.8 Å². The molecule has 2 unspecified atom stereocenters. The van der Waals surface area contributed by atoms with E-state index >= 15 is 0 Å². The minimum absolute atomic E-state index is 0.143. The predicted molar refractivity (Wildman–Crippen MR) is 75.9 cm³/mol. The van der Waals surface area contributed by atoms with E-state index in [0.29, 0.717) is 12.5 Å². The molecule has 1 rings (SSSR count). The number of aliphatic hydroxyl groups excluding tert-OH is 1. The summed E-state index contributed by atoms with van der Waals surface area (Å²) in [5.74, 6) is 0.293. The average molecular weight is 250 g/mol. The van der Waals surface area contributed by atoms with Gasteiger partial charge in [-0.15, -0.1) is 0 Å². The van der Waals surface area contributed by atoms with Crippen molar-refractivity contribution in [2.45, 2.75) is 53.8 Å². The van der Waals surface area contributed by atoms with Crippen LogP contribution in [0, 0.1) is 26.7 Å². The van der Waals surface area contributed by atoms with Crippen molar-refractivity contribution in [3.63, 3.8) is 0 Å². The first-order valence-electron chi connectivity index (χ1n) is 6.75. The van der Waals surface area contributed by atoms with Gasteiger partial charge in [0.15, 0.2) is 0 Å². The molecule has 0 saturated heterocycles. The maximum Gasteiger partial charge on any atom is 0.106 e. The van der Waals surface area contributed by atoms with Crippen LogP contribution < -0.4 is 0 Å². The molecule has 0 aliphatic heterocycles. The van der Waals surface area contributed by atoms with Crippen molar-refractivity contribution >= 4 is 0 Å². The third-order valence-electron chi connectivity index (χ3n) is 3.53. The first kappa shape index (κ1) is 15.2. The van der Waals surface area contributed by atoms with Crippen LogP contribution in [0.15, 0.2) is 12.1 Å². The molecule has 18 heavy (non-hydrogen) atoms. The summed E-state index contributed by atoms with van der Waals surface area (Å²) >= 11 is 0. The zero-order chi connectivity index (χ0) is 13.9. The molecule has 0 fully saturated rings. The molecule has 0 bridgehead atoms. The van der Waals surface area contributed by atoms with Crippen molar-refractivity contribution < 1.29 is 9.84 Å². The van der Waals surface area contributed by atoms with E-state index in [9.17, 15) is 5.11 Å². The lowest BCUT2D eigenvalue weighted by molar-refractivity contribution is -0.0587. The molecule has 0 aliphatic rings. The lowest BCUT2D eigenvalue weighted by Crippen LogP contribution is -2.28. The Labute approximate surface area is 111 Å². The smallest absolute Gasteiger partial charge is 0.106 e. The second-order valence-corrected chi connectivity index (χ2v) is 5.40. The normalized spacial score (nSPS) is 14.9. The molecule has 1 aromatic rings. The Hall–Kier alpha value is -0.860. The highest BCUT2D eigenvalue weighted by atomic mass is 16.5. The summed E-state index contributed by atoms with van der Waals surface area (Å²) in [6.45, 7) is 13.0. The molecular weight excluding hydrogens is 224 g/mol. The van der Waals surface area contributed by atoms with Crippen molar-refractivity contribution in [3.05, 3.63) is 34.4 Å². The topological polar surface area (TPSA) is 29.5 Å². The molecule has 102 valence electrons. The first-order valence-corrected chi connectivity index (χ1v) is 6.75. The van der Waals surface area contributed by atoms with Gasteiger partial charge in [-0.3, -0.25) is 0 Å². The second kappa shape index (κ2) is 6.35. The zero-order valence-electron chi connectivity index (χ0n) is 12.4. The Morgan fingerprint density at radius 3 is 2.11 bits per heavy atom. The monoisotopic (exact) mass is 250 g/mol. The Morgan fingerprint density at radius 1 is 1.06 bits per heavy atom. The van der Waals surface area contributed by atoms with Gasteiger partial charge in [0, 0.05) is 6.61 Å². The number of aryl methyl sites for hydroxylation is 3. The third kappa shape index (κ3) is 3.33. The molecule has 0 aliphatic carbocycles. The van der Waals surface area contributed by atoms with Crippen LogP contribution in [-0.4, -0.2) is 17.8 Å². The number of benzene rings is 1. The van der Waals surface area contributed by atoms with Crippen LogP contribution in [0.2, 0.25) is 0 Å². The quantitative estimate of drug-likeness (QED) is 0.863. The van der Waals surface area contributed by atoms with Gasteiger partial charge in [0.1, 0.15) is 6.10 Å². The molecule has 1 N–H and O–H groups in total. The molecule has 2 nitrogen and oxygen atoms in total. The number of ether oxygens (including phenoxy) is 1. The van der Waals surface area contributed by atoms with Gasteiger partial charge in [0.25, 0.3) is 0 Å². The summed E-state index contributed by atoms with van der Waals surface area (Å²) in [5, 5.41) is 10.6. The predicted octanol–water partition coefficient (Wildman–Crippen LogP) is 3.71. The van der Waals surface area contributed by atoms with Gasteiger partial charge < -0.3 is 9.84 Å². The highest BCUT2D eigenvalue weighted by molar-refractivity contribution is 5.38. The highest BCUT2D eigenvalue weighted by Gasteiger charge is 2.25. The van der Waals surface area contributed by atoms with Crippen LogP contribution >= 0.6 is 0 Å². The fourth-order valence-corrected chi connectivity index (χ4v) is 2.32. The summed E-state index contributed by atoms with van der Waals surface area (Å²) in [6, 6.07) is 4.22. The van der Waals surface area contributed by atoms with E-state index in [1.807, 2.05) is 13.8 Å². The number of aliphatic hydroxyl groups is 1. The fraction of sp³-hybridized carbons (Fsp3) is 0.625. The molecule has 0 saturated carbocycles. The molecule has 0 radical (unpaired) electrons. The minimum Gasteiger partial charge on any atom is -0.386 e. The van der Waals surface area contributed by atoms with E-state index in [1.165, 1.54) is 11.1 Å². The van der Waals surface area contributed by atoms with Crippen molar-refractivity contribution in [2.24, 2.45) is 5.92 Å². The van der Waals surface area contributed by atoms with Crippen LogP contribution in [-0.2, 0) is 4.74 Å². The lowest BCUT2D eigenvalue weighted by atomic mass is 9.91. The van der Waals surface area contributed by atoms with Gasteiger partial charge in [0.05, 0.1) is 6.10 Å². The molecule has 2 atom stereocenters. The van der Waals surface area contributed by atoms with Crippen LogP contribution in [0.1, 0.15) is 49.1 Å². The number of hydrogen-bond acceptors (Lipinski definition) is 2. The SMILES string of the molecule is CCOC(C(C)C)C(O)c1cc(C)c(C)cc1C. The fourth-order valence-electron chi connectivity index (χ4n) is 2.32. The number of hydrogen-bond donors (Lipinski definition) is 1. The summed E-state index contributed by atoms with van der Waals surface area (Å²) in [6.07, 6.45) is -0.694. The van der Waals surface area contributed by atoms with Gasteiger partial charge in [-0.25, -0.2) is 0 Å². The Balaban J connectivity index is 3.08. The highest BCUT2D eigenvalue weighted by Crippen LogP contribution is 2.28. The van der Waals surface area contributed by atoms with Crippen molar-refractivity contribution in [3.8, 4) is 0 Å². The van der Waals surface area contributed by atoms with Crippen LogP contribution in [0.25, 0.3) is 0 Å². The van der Waals surface area contributed by atoms with Gasteiger partial charge in [0.2, 0.25) is 0 Å². The van der Waals surface area contributed by atoms with Crippen molar-refractivity contribution in [1.82, 2.24) is 0 Å². The van der Waals surface area contributed by atoms with E-state index in [-0.39, 0.29) is 6.10 Å². The Kier molecular flexibility index (Phi) is 5.36. The second-order valence-electron chi connectivity index (χ2n) is 5.40. The van der Waals surface area contributed by atoms with Crippen molar-refractivity contribution in [2.75, 3.05) is 6.61 Å². The zero-order valence-corrected chi connectivity index (χ0v) is 12.4. The molecule has 0 amide bonds. The van der Waals surface area contributed by atoms with E-state index in [0.717, 1.165) is 11.1 Å². The number of rotatable bonds is 5. The van der Waals surface area contributed by atoms with Crippen LogP contribution in [0.3, 0.4) is 0 Å². The minimum atomic E-state index is -0.552. The first-order chi connectivity index (χ1) is 8.38. The molecule has 0 spiro atoms. The Morgan fingerprint density at radius 2 is 1.61 bits per heavy atom. The van der Waals surface area contributed by atoms with Crippen LogP contribution in [0.5, 0.6) is 0 Å². The standard InChI is InChI=1S/C16H26O2/c1-7-18-16(10(2)3)15(17)14-9-12(5)11(4)8-13(14)6/h8-10,15-17H,7H2,1-6H3. The Bertz CT molecular complexity index is 396. The van der Waals surface area contributed by atoms with Crippen LogP contribution in [0.4, 0.5) is 0 Å². The third-order valence-corrected chi connectivity index (χ3v) is 3.53. The van der Waals surface area contributed by atoms with E-state index in [4.69, 9.17) is 4.74 Å². The molecule has 0 aromatic heterocycles. The molecule has 2 heteroatoms. The molecule has 0 heterocycles. The average Bonchev–Trinajstić information content (AvgIpc) is 2.29. The van der Waals surface area contributed by atoms with Gasteiger partial charge in [-0.2, -0.15) is 0 Å². The van der Waals surface area contributed by atoms with Gasteiger partial charge in [-0.05, 0) is 55.9 Å². The van der Waals surface area contributed by atoms with Crippen molar-refractivity contribution in [1.29, 1.82) is 0 Å². The summed E-state index contributed by atoms with van der Waals surface area (Å²) in [7, 11) is 0. The summed E-state index contributed by atoms with van der Waals surface area (Å²) < 4.78 is 5.69. The maximum atomic E-state index is 10.6.